The second kappa shape index (κ2) is 9.42. The third kappa shape index (κ3) is 6.80. The van der Waals surface area contributed by atoms with E-state index in [2.05, 4.69) is 13.2 Å². The number of aliphatic hydroxyl groups excluding tert-OH is 1. The first kappa shape index (κ1) is 18.4. The van der Waals surface area contributed by atoms with Gasteiger partial charge in [0.2, 0.25) is 0 Å². The normalized spacial score (nSPS) is 11.3. The van der Waals surface area contributed by atoms with Crippen molar-refractivity contribution in [3.63, 3.8) is 0 Å². The molecule has 6 heteroatoms. The van der Waals surface area contributed by atoms with Crippen LogP contribution in [0.15, 0.2) is 54.6 Å². The Morgan fingerprint density at radius 3 is 2.35 bits per heavy atom. The van der Waals surface area contributed by atoms with Gasteiger partial charge in [-0.05, 0) is 12.1 Å². The Morgan fingerprint density at radius 2 is 1.78 bits per heavy atom. The van der Waals surface area contributed by atoms with E-state index in [1.54, 1.807) is 24.3 Å². The Bertz CT molecular complexity index is 564. The van der Waals surface area contributed by atoms with Crippen LogP contribution in [0.25, 0.3) is 0 Å². The third-order valence-electron chi connectivity index (χ3n) is 2.93. The molecule has 0 aliphatic heterocycles. The second-order valence-corrected chi connectivity index (χ2v) is 4.84. The topological polar surface area (TPSA) is 93.1 Å². The molecule has 6 nitrogen and oxygen atoms in total. The van der Waals surface area contributed by atoms with Gasteiger partial charge in [-0.25, -0.2) is 9.59 Å². The van der Waals surface area contributed by atoms with Crippen molar-refractivity contribution >= 4 is 11.9 Å². The molecule has 0 heterocycles. The number of carboxylic acids is 1. The molecule has 0 aliphatic carbocycles. The summed E-state index contributed by atoms with van der Waals surface area (Å²) in [5, 5.41) is 17.7. The maximum atomic E-state index is 11.8. The van der Waals surface area contributed by atoms with Crippen LogP contribution >= 0.6 is 0 Å². The fourth-order valence-electron chi connectivity index (χ4n) is 1.67. The molecule has 23 heavy (non-hydrogen) atoms. The number of ether oxygens (including phenoxy) is 2. The first-order valence-electron chi connectivity index (χ1n) is 7.02. The van der Waals surface area contributed by atoms with E-state index in [4.69, 9.17) is 19.7 Å². The molecule has 0 saturated carbocycles. The predicted molar refractivity (Wildman–Crippen MR) is 84.1 cm³/mol. The maximum absolute atomic E-state index is 11.8. The van der Waals surface area contributed by atoms with Gasteiger partial charge < -0.3 is 19.7 Å². The Kier molecular flexibility index (Phi) is 7.56. The maximum Gasteiger partial charge on any atom is 0.333 e. The summed E-state index contributed by atoms with van der Waals surface area (Å²) in [6.45, 7) is 6.70. The largest absolute Gasteiger partial charge is 0.490 e. The molecule has 1 unspecified atom stereocenters. The standard InChI is InChI=1S/C17H20O6/c1-12(8-9-18)17(21)23-15(10-13(2)16(19)20)11-22-14-6-4-3-5-7-14/h3-7,15,18H,1-2,8-11H2,(H,19,20). The zero-order valence-electron chi connectivity index (χ0n) is 12.7. The minimum atomic E-state index is -1.17. The fourth-order valence-corrected chi connectivity index (χ4v) is 1.67. The average molecular weight is 320 g/mol. The number of benzene rings is 1. The molecule has 0 spiro atoms. The molecular formula is C17H20O6. The molecule has 0 saturated heterocycles. The van der Waals surface area contributed by atoms with Crippen molar-refractivity contribution in [2.45, 2.75) is 18.9 Å². The van der Waals surface area contributed by atoms with Gasteiger partial charge in [0.1, 0.15) is 18.5 Å². The molecule has 0 fully saturated rings. The van der Waals surface area contributed by atoms with Gasteiger partial charge in [-0.15, -0.1) is 0 Å². The molecule has 1 atom stereocenters. The summed E-state index contributed by atoms with van der Waals surface area (Å²) in [6.07, 6.45) is -0.799. The summed E-state index contributed by atoms with van der Waals surface area (Å²) >= 11 is 0. The first-order chi connectivity index (χ1) is 10.9. The van der Waals surface area contributed by atoms with Crippen molar-refractivity contribution in [1.82, 2.24) is 0 Å². The molecule has 0 aliphatic rings. The summed E-state index contributed by atoms with van der Waals surface area (Å²) in [5.41, 5.74) is 0.0189. The van der Waals surface area contributed by atoms with E-state index in [1.165, 1.54) is 0 Å². The molecule has 1 rings (SSSR count). The van der Waals surface area contributed by atoms with E-state index in [9.17, 15) is 9.59 Å². The minimum Gasteiger partial charge on any atom is -0.490 e. The second-order valence-electron chi connectivity index (χ2n) is 4.84. The quantitative estimate of drug-likeness (QED) is 0.505. The number of para-hydroxylation sites is 1. The van der Waals surface area contributed by atoms with Crippen LogP contribution in [-0.4, -0.2) is 41.5 Å². The Labute approximate surface area is 134 Å². The lowest BCUT2D eigenvalue weighted by Gasteiger charge is -2.19. The van der Waals surface area contributed by atoms with Gasteiger partial charge in [0, 0.05) is 30.6 Å². The number of carboxylic acid groups (broad SMARTS) is 1. The van der Waals surface area contributed by atoms with E-state index in [1.807, 2.05) is 6.07 Å². The number of carbonyl (C=O) groups excluding carboxylic acids is 1. The highest BCUT2D eigenvalue weighted by Crippen LogP contribution is 2.14. The average Bonchev–Trinajstić information content (AvgIpc) is 2.53. The predicted octanol–water partition coefficient (Wildman–Crippen LogP) is 1.95. The van der Waals surface area contributed by atoms with E-state index in [-0.39, 0.29) is 37.2 Å². The van der Waals surface area contributed by atoms with E-state index < -0.39 is 18.0 Å². The van der Waals surface area contributed by atoms with Gasteiger partial charge in [-0.3, -0.25) is 0 Å². The highest BCUT2D eigenvalue weighted by atomic mass is 16.6. The van der Waals surface area contributed by atoms with Crippen LogP contribution in [0.2, 0.25) is 0 Å². The van der Waals surface area contributed by atoms with E-state index in [0.29, 0.717) is 5.75 Å². The highest BCUT2D eigenvalue weighted by molar-refractivity contribution is 5.88. The molecular weight excluding hydrogens is 300 g/mol. The lowest BCUT2D eigenvalue weighted by molar-refractivity contribution is -0.147. The Hall–Kier alpha value is -2.60. The van der Waals surface area contributed by atoms with Crippen LogP contribution in [0, 0.1) is 0 Å². The molecule has 124 valence electrons. The van der Waals surface area contributed by atoms with Gasteiger partial charge >= 0.3 is 11.9 Å². The molecule has 0 amide bonds. The molecule has 0 aromatic heterocycles. The van der Waals surface area contributed by atoms with Crippen LogP contribution in [0.3, 0.4) is 0 Å². The van der Waals surface area contributed by atoms with Crippen molar-refractivity contribution in [1.29, 1.82) is 0 Å². The van der Waals surface area contributed by atoms with Crippen molar-refractivity contribution < 1.29 is 29.3 Å². The van der Waals surface area contributed by atoms with Crippen molar-refractivity contribution in [2.24, 2.45) is 0 Å². The van der Waals surface area contributed by atoms with E-state index in [0.717, 1.165) is 0 Å². The minimum absolute atomic E-state index is 0.0194. The van der Waals surface area contributed by atoms with Crippen molar-refractivity contribution in [2.75, 3.05) is 13.2 Å². The first-order valence-corrected chi connectivity index (χ1v) is 7.02. The smallest absolute Gasteiger partial charge is 0.333 e. The highest BCUT2D eigenvalue weighted by Gasteiger charge is 2.21. The number of aliphatic carboxylic acids is 1. The number of hydrogen-bond donors (Lipinski definition) is 2. The molecule has 0 radical (unpaired) electrons. The summed E-state index contributed by atoms with van der Waals surface area (Å²) in [4.78, 5) is 22.7. The number of esters is 1. The van der Waals surface area contributed by atoms with Gasteiger partial charge in [-0.2, -0.15) is 0 Å². The molecule has 0 bridgehead atoms. The zero-order valence-corrected chi connectivity index (χ0v) is 12.7. The summed E-state index contributed by atoms with van der Waals surface area (Å²) < 4.78 is 10.7. The van der Waals surface area contributed by atoms with Gasteiger partial charge in [0.25, 0.3) is 0 Å². The van der Waals surface area contributed by atoms with Gasteiger partial charge in [-0.1, -0.05) is 31.4 Å². The summed E-state index contributed by atoms with van der Waals surface area (Å²) in [5.74, 6) is -1.29. The number of hydrogen-bond acceptors (Lipinski definition) is 5. The van der Waals surface area contributed by atoms with Crippen LogP contribution in [0.5, 0.6) is 5.75 Å². The van der Waals surface area contributed by atoms with Gasteiger partial charge in [0.05, 0.1) is 0 Å². The van der Waals surface area contributed by atoms with Gasteiger partial charge in [0.15, 0.2) is 0 Å². The van der Waals surface area contributed by atoms with Crippen molar-refractivity contribution in [3.05, 3.63) is 54.6 Å². The van der Waals surface area contributed by atoms with Crippen molar-refractivity contribution in [3.8, 4) is 5.75 Å². The Morgan fingerprint density at radius 1 is 1.13 bits per heavy atom. The zero-order chi connectivity index (χ0) is 17.2. The lowest BCUT2D eigenvalue weighted by atomic mass is 10.1. The lowest BCUT2D eigenvalue weighted by Crippen LogP contribution is -2.27. The molecule has 2 N–H and O–H groups in total. The molecule has 1 aromatic carbocycles. The number of carbonyl (C=O) groups is 2. The third-order valence-corrected chi connectivity index (χ3v) is 2.93. The number of rotatable bonds is 10. The van der Waals surface area contributed by atoms with Crippen LogP contribution < -0.4 is 4.74 Å². The van der Waals surface area contributed by atoms with Crippen LogP contribution in [0.4, 0.5) is 0 Å². The fraction of sp³-hybridized carbons (Fsp3) is 0.294. The van der Waals surface area contributed by atoms with E-state index >= 15 is 0 Å². The summed E-state index contributed by atoms with van der Waals surface area (Å²) in [7, 11) is 0. The van der Waals surface area contributed by atoms with Crippen LogP contribution in [-0.2, 0) is 14.3 Å². The van der Waals surface area contributed by atoms with Crippen LogP contribution in [0.1, 0.15) is 12.8 Å². The summed E-state index contributed by atoms with van der Waals surface area (Å²) in [6, 6.07) is 8.87. The SMILES string of the molecule is C=C(CC(COc1ccccc1)OC(=O)C(=C)CCO)C(=O)O. The Balaban J connectivity index is 2.68. The monoisotopic (exact) mass is 320 g/mol. The molecule has 1 aromatic rings. The number of aliphatic hydroxyl groups is 1.